The molecule has 0 spiro atoms. The normalized spacial score (nSPS) is 13.8. The molecule has 3 aromatic rings. The number of nitrogens with zero attached hydrogens (tertiary/aromatic N) is 4. The molecular formula is C17H10BrFN4O2. The highest BCUT2D eigenvalue weighted by Gasteiger charge is 2.33. The third-order valence-electron chi connectivity index (χ3n) is 4.10. The predicted octanol–water partition coefficient (Wildman–Crippen LogP) is 3.32. The lowest BCUT2D eigenvalue weighted by Gasteiger charge is -2.07. The maximum absolute atomic E-state index is 13.6. The van der Waals surface area contributed by atoms with Gasteiger partial charge in [0.2, 0.25) is 11.6 Å². The van der Waals surface area contributed by atoms with Crippen molar-refractivity contribution in [2.45, 2.75) is 18.8 Å². The first-order valence-corrected chi connectivity index (χ1v) is 8.29. The van der Waals surface area contributed by atoms with Crippen LogP contribution < -0.4 is 0 Å². The Balaban J connectivity index is 1.94. The monoisotopic (exact) mass is 400 g/mol. The van der Waals surface area contributed by atoms with Crippen molar-refractivity contribution in [3.8, 4) is 11.8 Å². The number of halogens is 2. The van der Waals surface area contributed by atoms with Crippen molar-refractivity contribution in [1.29, 1.82) is 5.26 Å². The maximum atomic E-state index is 13.6. The number of carbonyl (C=O) groups excluding carboxylic acids is 1. The van der Waals surface area contributed by atoms with Crippen molar-refractivity contribution in [1.82, 2.24) is 14.4 Å². The summed E-state index contributed by atoms with van der Waals surface area (Å²) >= 11 is 3.14. The molecule has 2 aromatic heterocycles. The van der Waals surface area contributed by atoms with Gasteiger partial charge in [-0.25, -0.2) is 14.4 Å². The average Bonchev–Trinajstić information content (AvgIpc) is 3.37. The molecule has 1 aromatic carbocycles. The predicted molar refractivity (Wildman–Crippen MR) is 88.9 cm³/mol. The number of aromatic hydroxyl groups is 1. The second kappa shape index (κ2) is 5.63. The number of hydrogen-bond donors (Lipinski definition) is 1. The molecule has 0 radical (unpaired) electrons. The fourth-order valence-corrected chi connectivity index (χ4v) is 3.21. The van der Waals surface area contributed by atoms with E-state index < -0.39 is 11.6 Å². The molecule has 1 aliphatic carbocycles. The molecule has 0 saturated heterocycles. The minimum atomic E-state index is -0.578. The second-order valence-electron chi connectivity index (χ2n) is 5.86. The largest absolute Gasteiger partial charge is 0.505 e. The summed E-state index contributed by atoms with van der Waals surface area (Å²) < 4.78 is 15.2. The summed E-state index contributed by atoms with van der Waals surface area (Å²) in [5.74, 6) is -0.804. The summed E-state index contributed by atoms with van der Waals surface area (Å²) in [6.07, 6.45) is 4.05. The standard InChI is InChI=1S/C17H10BrFN4O2/c18-12-4-9(3-10(5-20)15(12)24)16(25)14-13(8-1-2-8)22-17-21-6-11(19)7-23(14)17/h3-4,6-8,24H,1-2H2. The van der Waals surface area contributed by atoms with Crippen LogP contribution in [0.25, 0.3) is 5.78 Å². The van der Waals surface area contributed by atoms with Gasteiger partial charge in [-0.2, -0.15) is 5.26 Å². The first-order valence-electron chi connectivity index (χ1n) is 7.50. The summed E-state index contributed by atoms with van der Waals surface area (Å²) in [7, 11) is 0. The van der Waals surface area contributed by atoms with E-state index in [4.69, 9.17) is 5.26 Å². The SMILES string of the molecule is N#Cc1cc(C(=O)c2c(C3CC3)nc3ncc(F)cn23)cc(Br)c1O. The fraction of sp³-hybridized carbons (Fsp3) is 0.176. The molecule has 1 saturated carbocycles. The minimum Gasteiger partial charge on any atom is -0.505 e. The number of nitriles is 1. The Labute approximate surface area is 149 Å². The number of phenols is 1. The van der Waals surface area contributed by atoms with E-state index in [1.54, 1.807) is 0 Å². The van der Waals surface area contributed by atoms with Crippen molar-refractivity contribution in [3.63, 3.8) is 0 Å². The number of carbonyl (C=O) groups is 1. The van der Waals surface area contributed by atoms with Gasteiger partial charge in [0.25, 0.3) is 0 Å². The van der Waals surface area contributed by atoms with Crippen molar-refractivity contribution in [2.75, 3.05) is 0 Å². The van der Waals surface area contributed by atoms with Crippen LogP contribution in [0.5, 0.6) is 5.75 Å². The molecule has 0 bridgehead atoms. The molecule has 1 aliphatic rings. The number of hydrogen-bond acceptors (Lipinski definition) is 5. The Hall–Kier alpha value is -2.79. The van der Waals surface area contributed by atoms with Gasteiger partial charge in [0.15, 0.2) is 5.82 Å². The van der Waals surface area contributed by atoms with E-state index >= 15 is 0 Å². The molecule has 2 heterocycles. The summed E-state index contributed by atoms with van der Waals surface area (Å²) in [6, 6.07) is 4.59. The molecule has 0 amide bonds. The lowest BCUT2D eigenvalue weighted by atomic mass is 10.0. The topological polar surface area (TPSA) is 91.3 Å². The molecule has 0 aliphatic heterocycles. The Bertz CT molecular complexity index is 1080. The Kier molecular flexibility index (Phi) is 3.54. The van der Waals surface area contributed by atoms with E-state index in [2.05, 4.69) is 25.9 Å². The van der Waals surface area contributed by atoms with Gasteiger partial charge in [-0.05, 0) is 40.9 Å². The molecule has 25 heavy (non-hydrogen) atoms. The van der Waals surface area contributed by atoms with Crippen LogP contribution in [0.2, 0.25) is 0 Å². The second-order valence-corrected chi connectivity index (χ2v) is 6.71. The molecule has 8 heteroatoms. The third-order valence-corrected chi connectivity index (χ3v) is 4.70. The van der Waals surface area contributed by atoms with E-state index in [-0.39, 0.29) is 38.7 Å². The van der Waals surface area contributed by atoms with Crippen LogP contribution >= 0.6 is 15.9 Å². The van der Waals surface area contributed by atoms with Crippen molar-refractivity contribution < 1.29 is 14.3 Å². The number of imidazole rings is 1. The molecule has 0 unspecified atom stereocenters. The lowest BCUT2D eigenvalue weighted by Crippen LogP contribution is -2.09. The quantitative estimate of drug-likeness (QED) is 0.680. The van der Waals surface area contributed by atoms with E-state index in [9.17, 15) is 14.3 Å². The zero-order valence-corrected chi connectivity index (χ0v) is 14.3. The van der Waals surface area contributed by atoms with Gasteiger partial charge in [0.1, 0.15) is 17.5 Å². The van der Waals surface area contributed by atoms with Crippen molar-refractivity contribution in [2.24, 2.45) is 0 Å². The van der Waals surface area contributed by atoms with Crippen molar-refractivity contribution >= 4 is 27.5 Å². The summed E-state index contributed by atoms with van der Waals surface area (Å²) in [5.41, 5.74) is 1.01. The summed E-state index contributed by atoms with van der Waals surface area (Å²) in [5, 5.41) is 19.0. The molecular weight excluding hydrogens is 391 g/mol. The molecule has 1 fully saturated rings. The number of benzene rings is 1. The molecule has 0 atom stereocenters. The van der Waals surface area contributed by atoms with Gasteiger partial charge in [-0.3, -0.25) is 9.20 Å². The van der Waals surface area contributed by atoms with Crippen LogP contribution in [0.1, 0.15) is 46.1 Å². The molecule has 1 N–H and O–H groups in total. The summed E-state index contributed by atoms with van der Waals surface area (Å²) in [6.45, 7) is 0. The fourth-order valence-electron chi connectivity index (χ4n) is 2.75. The maximum Gasteiger partial charge on any atom is 0.234 e. The first kappa shape index (κ1) is 15.7. The Morgan fingerprint density at radius 3 is 2.88 bits per heavy atom. The highest BCUT2D eigenvalue weighted by molar-refractivity contribution is 9.10. The zero-order valence-electron chi connectivity index (χ0n) is 12.7. The van der Waals surface area contributed by atoms with E-state index in [1.165, 1.54) is 22.7 Å². The molecule has 4 rings (SSSR count). The number of phenolic OH excluding ortho intramolecular Hbond substituents is 1. The average molecular weight is 401 g/mol. The highest BCUT2D eigenvalue weighted by Crippen LogP contribution is 2.42. The van der Waals surface area contributed by atoms with E-state index in [1.807, 2.05) is 6.07 Å². The lowest BCUT2D eigenvalue weighted by molar-refractivity contribution is 0.103. The molecule has 6 nitrogen and oxygen atoms in total. The van der Waals surface area contributed by atoms with Gasteiger partial charge in [-0.1, -0.05) is 0 Å². The number of aromatic nitrogens is 3. The smallest absolute Gasteiger partial charge is 0.234 e. The number of rotatable bonds is 3. The van der Waals surface area contributed by atoms with Crippen molar-refractivity contribution in [3.05, 3.63) is 57.3 Å². The van der Waals surface area contributed by atoms with Crippen LogP contribution in [0.4, 0.5) is 4.39 Å². The van der Waals surface area contributed by atoms with E-state index in [0.29, 0.717) is 5.69 Å². The highest BCUT2D eigenvalue weighted by atomic mass is 79.9. The molecule has 124 valence electrons. The van der Waals surface area contributed by atoms with Crippen LogP contribution in [0.15, 0.2) is 29.0 Å². The first-order chi connectivity index (χ1) is 12.0. The van der Waals surface area contributed by atoms with Crippen LogP contribution in [-0.4, -0.2) is 25.3 Å². The Morgan fingerprint density at radius 2 is 2.20 bits per heavy atom. The van der Waals surface area contributed by atoms with E-state index in [0.717, 1.165) is 19.0 Å². The third kappa shape index (κ3) is 2.57. The van der Waals surface area contributed by atoms with Gasteiger partial charge in [0, 0.05) is 11.5 Å². The van der Waals surface area contributed by atoms with Crippen LogP contribution in [-0.2, 0) is 0 Å². The number of fused-ring (bicyclic) bond motifs is 1. The summed E-state index contributed by atoms with van der Waals surface area (Å²) in [4.78, 5) is 21.4. The van der Waals surface area contributed by atoms with Crippen LogP contribution in [0, 0.1) is 17.1 Å². The number of ketones is 1. The van der Waals surface area contributed by atoms with Crippen LogP contribution in [0.3, 0.4) is 0 Å². The van der Waals surface area contributed by atoms with Gasteiger partial charge >= 0.3 is 0 Å². The van der Waals surface area contributed by atoms with Gasteiger partial charge < -0.3 is 5.11 Å². The minimum absolute atomic E-state index is 0.0242. The van der Waals surface area contributed by atoms with Gasteiger partial charge in [0.05, 0.1) is 28.1 Å². The van der Waals surface area contributed by atoms with Gasteiger partial charge in [-0.15, -0.1) is 0 Å². The Morgan fingerprint density at radius 1 is 1.44 bits per heavy atom. The zero-order chi connectivity index (χ0) is 17.7.